The molecule has 23 heavy (non-hydrogen) atoms. The molecule has 2 aromatic carbocycles. The Morgan fingerprint density at radius 2 is 1.96 bits per heavy atom. The second kappa shape index (κ2) is 6.69. The number of nitrogens with zero attached hydrogens (tertiary/aromatic N) is 1. The molecule has 5 nitrogen and oxygen atoms in total. The van der Waals surface area contributed by atoms with Crippen LogP contribution in [0.15, 0.2) is 42.5 Å². The third-order valence-electron chi connectivity index (χ3n) is 4.40. The fourth-order valence-corrected chi connectivity index (χ4v) is 3.10. The summed E-state index contributed by atoms with van der Waals surface area (Å²) >= 11 is 0. The second-order valence-electron chi connectivity index (χ2n) is 5.96. The van der Waals surface area contributed by atoms with Crippen molar-refractivity contribution in [1.82, 2.24) is 4.90 Å². The lowest BCUT2D eigenvalue weighted by atomic mass is 9.97. The van der Waals surface area contributed by atoms with Crippen LogP contribution in [0.4, 0.5) is 5.69 Å². The standard InChI is InChI=1S/C18H21N3O2/c19-18(23)14-7-4-10-21(12-14)17(22)11-20-16-9-3-6-13-5-1-2-8-15(13)16/h1-3,5-6,8-9,14,20H,4,7,10-12H2,(H2,19,23)/t14-/m0/s1. The number of primary amides is 1. The molecule has 120 valence electrons. The van der Waals surface area contributed by atoms with E-state index in [-0.39, 0.29) is 24.3 Å². The molecule has 0 aromatic heterocycles. The molecule has 2 amide bonds. The number of carbonyl (C=O) groups excluding carboxylic acids is 2. The van der Waals surface area contributed by atoms with E-state index in [1.807, 2.05) is 42.5 Å². The first kappa shape index (κ1) is 15.3. The highest BCUT2D eigenvalue weighted by Crippen LogP contribution is 2.23. The summed E-state index contributed by atoms with van der Waals surface area (Å²) in [6.07, 6.45) is 1.60. The average molecular weight is 311 g/mol. The molecule has 0 saturated carbocycles. The minimum Gasteiger partial charge on any atom is -0.376 e. The maximum atomic E-state index is 12.4. The van der Waals surface area contributed by atoms with Crippen molar-refractivity contribution in [3.63, 3.8) is 0 Å². The molecule has 1 heterocycles. The summed E-state index contributed by atoms with van der Waals surface area (Å²) < 4.78 is 0. The lowest BCUT2D eigenvalue weighted by Crippen LogP contribution is -2.45. The zero-order valence-electron chi connectivity index (χ0n) is 13.0. The number of benzene rings is 2. The topological polar surface area (TPSA) is 75.4 Å². The van der Waals surface area contributed by atoms with Crippen molar-refractivity contribution in [2.24, 2.45) is 11.7 Å². The lowest BCUT2D eigenvalue weighted by Gasteiger charge is -2.31. The van der Waals surface area contributed by atoms with E-state index in [9.17, 15) is 9.59 Å². The summed E-state index contributed by atoms with van der Waals surface area (Å²) in [6, 6.07) is 14.0. The van der Waals surface area contributed by atoms with Crippen LogP contribution in [0, 0.1) is 5.92 Å². The fraction of sp³-hybridized carbons (Fsp3) is 0.333. The molecule has 2 aromatic rings. The molecule has 0 bridgehead atoms. The van der Waals surface area contributed by atoms with Crippen LogP contribution in [0.5, 0.6) is 0 Å². The normalized spacial score (nSPS) is 17.9. The first-order valence-corrected chi connectivity index (χ1v) is 7.94. The maximum Gasteiger partial charge on any atom is 0.241 e. The van der Waals surface area contributed by atoms with Crippen LogP contribution in [-0.4, -0.2) is 36.3 Å². The van der Waals surface area contributed by atoms with Gasteiger partial charge in [-0.05, 0) is 24.3 Å². The molecule has 3 rings (SSSR count). The summed E-state index contributed by atoms with van der Waals surface area (Å²) in [5.41, 5.74) is 6.31. The highest BCUT2D eigenvalue weighted by molar-refractivity contribution is 5.95. The number of hydrogen-bond acceptors (Lipinski definition) is 3. The van der Waals surface area contributed by atoms with E-state index in [0.29, 0.717) is 13.1 Å². The predicted molar refractivity (Wildman–Crippen MR) is 90.9 cm³/mol. The van der Waals surface area contributed by atoms with E-state index in [4.69, 9.17) is 5.73 Å². The average Bonchev–Trinajstić information content (AvgIpc) is 2.59. The van der Waals surface area contributed by atoms with Crippen LogP contribution < -0.4 is 11.1 Å². The van der Waals surface area contributed by atoms with E-state index in [1.54, 1.807) is 4.90 Å². The predicted octanol–water partition coefficient (Wildman–Crippen LogP) is 1.98. The Labute approximate surface area is 135 Å². The molecule has 1 aliphatic rings. The summed E-state index contributed by atoms with van der Waals surface area (Å²) in [5, 5.41) is 5.45. The molecule has 1 saturated heterocycles. The van der Waals surface area contributed by atoms with Gasteiger partial charge in [-0.15, -0.1) is 0 Å². The summed E-state index contributed by atoms with van der Waals surface area (Å²) in [7, 11) is 0. The number of hydrogen-bond donors (Lipinski definition) is 2. The van der Waals surface area contributed by atoms with Crippen LogP contribution in [0.2, 0.25) is 0 Å². The van der Waals surface area contributed by atoms with Crippen molar-refractivity contribution >= 4 is 28.3 Å². The molecule has 5 heteroatoms. The molecule has 0 radical (unpaired) electrons. The van der Waals surface area contributed by atoms with Crippen LogP contribution >= 0.6 is 0 Å². The van der Waals surface area contributed by atoms with Gasteiger partial charge in [-0.1, -0.05) is 36.4 Å². The van der Waals surface area contributed by atoms with Gasteiger partial charge in [0.1, 0.15) is 0 Å². The van der Waals surface area contributed by atoms with Gasteiger partial charge in [-0.25, -0.2) is 0 Å². The first-order chi connectivity index (χ1) is 11.1. The minimum atomic E-state index is -0.315. The van der Waals surface area contributed by atoms with Gasteiger partial charge < -0.3 is 16.0 Å². The van der Waals surface area contributed by atoms with E-state index in [1.165, 1.54) is 0 Å². The number of nitrogens with one attached hydrogen (secondary N) is 1. The van der Waals surface area contributed by atoms with E-state index in [0.717, 1.165) is 29.3 Å². The molecular formula is C18H21N3O2. The molecular weight excluding hydrogens is 290 g/mol. The summed E-state index contributed by atoms with van der Waals surface area (Å²) in [5.74, 6) is -0.529. The summed E-state index contributed by atoms with van der Waals surface area (Å²) in [4.78, 5) is 25.4. The minimum absolute atomic E-state index is 0.00360. The van der Waals surface area contributed by atoms with E-state index >= 15 is 0 Å². The molecule has 0 aliphatic carbocycles. The lowest BCUT2D eigenvalue weighted by molar-refractivity contribution is -0.133. The van der Waals surface area contributed by atoms with Crippen LogP contribution in [0.1, 0.15) is 12.8 Å². The van der Waals surface area contributed by atoms with Crippen LogP contribution in [0.3, 0.4) is 0 Å². The summed E-state index contributed by atoms with van der Waals surface area (Å²) in [6.45, 7) is 1.35. The third kappa shape index (κ3) is 3.44. The Kier molecular flexibility index (Phi) is 4.46. The van der Waals surface area contributed by atoms with Crippen molar-refractivity contribution in [2.75, 3.05) is 25.0 Å². The second-order valence-corrected chi connectivity index (χ2v) is 5.96. The van der Waals surface area contributed by atoms with Gasteiger partial charge in [0, 0.05) is 24.2 Å². The maximum absolute atomic E-state index is 12.4. The van der Waals surface area contributed by atoms with Gasteiger partial charge in [-0.2, -0.15) is 0 Å². The smallest absolute Gasteiger partial charge is 0.241 e. The van der Waals surface area contributed by atoms with Crippen molar-refractivity contribution in [3.05, 3.63) is 42.5 Å². The van der Waals surface area contributed by atoms with Crippen molar-refractivity contribution in [3.8, 4) is 0 Å². The number of fused-ring (bicyclic) bond motifs is 1. The van der Waals surface area contributed by atoms with Crippen molar-refractivity contribution < 1.29 is 9.59 Å². The van der Waals surface area contributed by atoms with Crippen molar-refractivity contribution in [1.29, 1.82) is 0 Å². The molecule has 1 fully saturated rings. The Bertz CT molecular complexity index is 724. The largest absolute Gasteiger partial charge is 0.376 e. The zero-order chi connectivity index (χ0) is 16.2. The van der Waals surface area contributed by atoms with Crippen molar-refractivity contribution in [2.45, 2.75) is 12.8 Å². The van der Waals surface area contributed by atoms with Crippen LogP contribution in [0.25, 0.3) is 10.8 Å². The van der Waals surface area contributed by atoms with Gasteiger partial charge in [-0.3, -0.25) is 9.59 Å². The number of piperidine rings is 1. The Balaban J connectivity index is 1.65. The highest BCUT2D eigenvalue weighted by Gasteiger charge is 2.26. The van der Waals surface area contributed by atoms with E-state index < -0.39 is 0 Å². The van der Waals surface area contributed by atoms with Gasteiger partial charge in [0.05, 0.1) is 12.5 Å². The van der Waals surface area contributed by atoms with Gasteiger partial charge in [0.15, 0.2) is 0 Å². The third-order valence-corrected chi connectivity index (χ3v) is 4.40. The van der Waals surface area contributed by atoms with Gasteiger partial charge in [0.2, 0.25) is 11.8 Å². The Morgan fingerprint density at radius 3 is 2.78 bits per heavy atom. The molecule has 0 unspecified atom stereocenters. The monoisotopic (exact) mass is 311 g/mol. The Hall–Kier alpha value is -2.56. The molecule has 1 atom stereocenters. The van der Waals surface area contributed by atoms with Crippen LogP contribution in [-0.2, 0) is 9.59 Å². The van der Waals surface area contributed by atoms with Gasteiger partial charge in [0.25, 0.3) is 0 Å². The zero-order valence-corrected chi connectivity index (χ0v) is 13.0. The Morgan fingerprint density at radius 1 is 1.17 bits per heavy atom. The van der Waals surface area contributed by atoms with E-state index in [2.05, 4.69) is 5.32 Å². The fourth-order valence-electron chi connectivity index (χ4n) is 3.10. The number of amides is 2. The van der Waals surface area contributed by atoms with Gasteiger partial charge >= 0.3 is 0 Å². The number of likely N-dealkylation sites (tertiary alicyclic amines) is 1. The molecule has 0 spiro atoms. The molecule has 3 N–H and O–H groups in total. The number of anilines is 1. The first-order valence-electron chi connectivity index (χ1n) is 7.94. The number of carbonyl (C=O) groups is 2. The number of rotatable bonds is 4. The highest BCUT2D eigenvalue weighted by atomic mass is 16.2. The SMILES string of the molecule is NC(=O)[C@H]1CCCN(C(=O)CNc2cccc3ccccc23)C1. The molecule has 1 aliphatic heterocycles. The quantitative estimate of drug-likeness (QED) is 0.906. The number of nitrogens with two attached hydrogens (primary N) is 1.